The highest BCUT2D eigenvalue weighted by Crippen LogP contribution is 2.26. The van der Waals surface area contributed by atoms with E-state index in [0.717, 1.165) is 43.1 Å². The van der Waals surface area contributed by atoms with Crippen molar-refractivity contribution in [2.75, 3.05) is 23.7 Å². The Bertz CT molecular complexity index is 651. The summed E-state index contributed by atoms with van der Waals surface area (Å²) in [5.41, 5.74) is 2.28. The van der Waals surface area contributed by atoms with Crippen molar-refractivity contribution in [2.24, 2.45) is 5.92 Å². The molecule has 0 unspecified atom stereocenters. The molecule has 0 radical (unpaired) electrons. The summed E-state index contributed by atoms with van der Waals surface area (Å²) in [5, 5.41) is 2.91. The topological polar surface area (TPSA) is 66.5 Å². The van der Waals surface area contributed by atoms with Crippen molar-refractivity contribution in [1.29, 1.82) is 0 Å². The first-order chi connectivity index (χ1) is 11.7. The van der Waals surface area contributed by atoms with Crippen LogP contribution in [0.3, 0.4) is 0 Å². The molecule has 0 aliphatic heterocycles. The first kappa shape index (κ1) is 21.5. The number of rotatable bonds is 10. The first-order valence-electron chi connectivity index (χ1n) is 9.01. The molecule has 0 aromatic heterocycles. The third-order valence-corrected chi connectivity index (χ3v) is 5.62. The van der Waals surface area contributed by atoms with E-state index in [9.17, 15) is 13.2 Å². The van der Waals surface area contributed by atoms with Gasteiger partial charge in [-0.05, 0) is 37.3 Å². The molecule has 25 heavy (non-hydrogen) atoms. The van der Waals surface area contributed by atoms with Crippen LogP contribution in [0.25, 0.3) is 0 Å². The van der Waals surface area contributed by atoms with Crippen LogP contribution < -0.4 is 9.62 Å². The lowest BCUT2D eigenvalue weighted by atomic mass is 9.99. The summed E-state index contributed by atoms with van der Waals surface area (Å²) in [6.07, 6.45) is 5.51. The predicted molar refractivity (Wildman–Crippen MR) is 104 cm³/mol. The number of para-hydroxylation sites is 1. The van der Waals surface area contributed by atoms with Crippen LogP contribution in [0, 0.1) is 19.8 Å². The number of sulfonamides is 1. The summed E-state index contributed by atoms with van der Waals surface area (Å²) in [5.74, 6) is 0.179. The normalized spacial score (nSPS) is 12.7. The number of hydrogen-bond donors (Lipinski definition) is 1. The van der Waals surface area contributed by atoms with Crippen LogP contribution in [0.1, 0.15) is 50.7 Å². The van der Waals surface area contributed by atoms with E-state index in [4.69, 9.17) is 0 Å². The maximum absolute atomic E-state index is 12.4. The Morgan fingerprint density at radius 3 is 2.28 bits per heavy atom. The van der Waals surface area contributed by atoms with Gasteiger partial charge in [0.25, 0.3) is 0 Å². The monoisotopic (exact) mass is 368 g/mol. The van der Waals surface area contributed by atoms with Crippen LogP contribution >= 0.6 is 0 Å². The number of carbonyl (C=O) groups is 1. The molecule has 5 nitrogen and oxygen atoms in total. The third-order valence-electron chi connectivity index (χ3n) is 4.51. The van der Waals surface area contributed by atoms with Crippen molar-refractivity contribution in [3.05, 3.63) is 29.3 Å². The van der Waals surface area contributed by atoms with Crippen molar-refractivity contribution < 1.29 is 13.2 Å². The van der Waals surface area contributed by atoms with E-state index in [1.807, 2.05) is 32.0 Å². The lowest BCUT2D eigenvalue weighted by Crippen LogP contribution is -2.42. The number of nitrogens with one attached hydrogen (secondary N) is 1. The van der Waals surface area contributed by atoms with Crippen LogP contribution in [-0.4, -0.2) is 33.7 Å². The molecule has 0 spiro atoms. The largest absolute Gasteiger partial charge is 0.354 e. The lowest BCUT2D eigenvalue weighted by molar-refractivity contribution is -0.119. The van der Waals surface area contributed by atoms with E-state index < -0.39 is 10.0 Å². The van der Waals surface area contributed by atoms with E-state index in [1.165, 1.54) is 4.31 Å². The Hall–Kier alpha value is -1.56. The molecule has 6 heteroatoms. The molecule has 1 amide bonds. The van der Waals surface area contributed by atoms with Gasteiger partial charge in [-0.1, -0.05) is 51.3 Å². The van der Waals surface area contributed by atoms with E-state index >= 15 is 0 Å². The summed E-state index contributed by atoms with van der Waals surface area (Å²) < 4.78 is 25.7. The highest BCUT2D eigenvalue weighted by atomic mass is 32.2. The quantitative estimate of drug-likeness (QED) is 0.688. The second-order valence-electron chi connectivity index (χ2n) is 6.73. The van der Waals surface area contributed by atoms with Crippen LogP contribution in [0.5, 0.6) is 0 Å². The van der Waals surface area contributed by atoms with Crippen molar-refractivity contribution in [2.45, 2.75) is 53.4 Å². The summed E-state index contributed by atoms with van der Waals surface area (Å²) in [7, 11) is -3.54. The Kier molecular flexibility index (Phi) is 8.42. The predicted octanol–water partition coefficient (Wildman–Crippen LogP) is 3.40. The third kappa shape index (κ3) is 6.69. The van der Waals surface area contributed by atoms with E-state index in [0.29, 0.717) is 18.2 Å². The summed E-state index contributed by atoms with van der Waals surface area (Å²) >= 11 is 0. The molecule has 1 aromatic rings. The van der Waals surface area contributed by atoms with Gasteiger partial charge in [0.15, 0.2) is 0 Å². The van der Waals surface area contributed by atoms with Gasteiger partial charge in [-0.15, -0.1) is 0 Å². The molecule has 0 aliphatic carbocycles. The van der Waals surface area contributed by atoms with Gasteiger partial charge in [0.1, 0.15) is 6.54 Å². The SMILES string of the molecule is CCCC[C@@H](CC)CNC(=O)CN(c1c(C)cccc1C)S(C)(=O)=O. The Morgan fingerprint density at radius 1 is 1.20 bits per heavy atom. The maximum Gasteiger partial charge on any atom is 0.240 e. The molecule has 0 saturated heterocycles. The smallest absolute Gasteiger partial charge is 0.240 e. The molecule has 1 rings (SSSR count). The molecule has 0 bridgehead atoms. The maximum atomic E-state index is 12.4. The minimum atomic E-state index is -3.54. The van der Waals surface area contributed by atoms with E-state index in [-0.39, 0.29) is 12.5 Å². The van der Waals surface area contributed by atoms with Crippen molar-refractivity contribution in [3.63, 3.8) is 0 Å². The average molecular weight is 369 g/mol. The highest BCUT2D eigenvalue weighted by molar-refractivity contribution is 7.92. The first-order valence-corrected chi connectivity index (χ1v) is 10.9. The van der Waals surface area contributed by atoms with Crippen LogP contribution in [0.2, 0.25) is 0 Å². The van der Waals surface area contributed by atoms with Gasteiger partial charge >= 0.3 is 0 Å². The van der Waals surface area contributed by atoms with Gasteiger partial charge in [0.05, 0.1) is 11.9 Å². The van der Waals surface area contributed by atoms with Crippen molar-refractivity contribution in [3.8, 4) is 0 Å². The second kappa shape index (κ2) is 9.80. The van der Waals surface area contributed by atoms with Crippen LogP contribution in [-0.2, 0) is 14.8 Å². The second-order valence-corrected chi connectivity index (χ2v) is 8.64. The zero-order valence-electron chi connectivity index (χ0n) is 16.1. The van der Waals surface area contributed by atoms with Crippen LogP contribution in [0.15, 0.2) is 18.2 Å². The molecular formula is C19H32N2O3S. The summed E-state index contributed by atoms with van der Waals surface area (Å²) in [6.45, 7) is 8.40. The summed E-state index contributed by atoms with van der Waals surface area (Å²) in [6, 6.07) is 5.60. The number of amides is 1. The fraction of sp³-hybridized carbons (Fsp3) is 0.632. The summed E-state index contributed by atoms with van der Waals surface area (Å²) in [4.78, 5) is 12.4. The standard InChI is InChI=1S/C19H32N2O3S/c1-6-8-12-17(7-2)13-20-18(22)14-21(25(5,23)24)19-15(3)10-9-11-16(19)4/h9-11,17H,6-8,12-14H2,1-5H3,(H,20,22)/t17-/m1/s1. The average Bonchev–Trinajstić information content (AvgIpc) is 2.53. The van der Waals surface area contributed by atoms with E-state index in [1.54, 1.807) is 0 Å². The Labute approximate surface area is 152 Å². The van der Waals surface area contributed by atoms with Gasteiger partial charge in [0.2, 0.25) is 15.9 Å². The van der Waals surface area contributed by atoms with Gasteiger partial charge in [-0.25, -0.2) is 8.42 Å². The molecule has 1 atom stereocenters. The van der Waals surface area contributed by atoms with Crippen molar-refractivity contribution in [1.82, 2.24) is 5.32 Å². The fourth-order valence-electron chi connectivity index (χ4n) is 2.95. The van der Waals surface area contributed by atoms with E-state index in [2.05, 4.69) is 19.2 Å². The lowest BCUT2D eigenvalue weighted by Gasteiger charge is -2.26. The molecular weight excluding hydrogens is 336 g/mol. The zero-order chi connectivity index (χ0) is 19.0. The Balaban J connectivity index is 2.85. The van der Waals surface area contributed by atoms with Crippen LogP contribution in [0.4, 0.5) is 5.69 Å². The van der Waals surface area contributed by atoms with Gasteiger partial charge in [0, 0.05) is 6.54 Å². The fourth-order valence-corrected chi connectivity index (χ4v) is 3.92. The molecule has 0 aliphatic rings. The van der Waals surface area contributed by atoms with Crippen molar-refractivity contribution >= 4 is 21.6 Å². The van der Waals surface area contributed by atoms with Gasteiger partial charge in [-0.2, -0.15) is 0 Å². The molecule has 1 N–H and O–H groups in total. The minimum absolute atomic E-state index is 0.186. The Morgan fingerprint density at radius 2 is 1.80 bits per heavy atom. The molecule has 142 valence electrons. The molecule has 0 heterocycles. The zero-order valence-corrected chi connectivity index (χ0v) is 16.9. The molecule has 1 aromatic carbocycles. The molecule has 0 saturated carbocycles. The number of carbonyl (C=O) groups excluding carboxylic acids is 1. The number of benzene rings is 1. The number of hydrogen-bond acceptors (Lipinski definition) is 3. The highest BCUT2D eigenvalue weighted by Gasteiger charge is 2.24. The van der Waals surface area contributed by atoms with Gasteiger partial charge < -0.3 is 5.32 Å². The number of anilines is 1. The number of unbranched alkanes of at least 4 members (excludes halogenated alkanes) is 1. The molecule has 0 fully saturated rings. The number of aryl methyl sites for hydroxylation is 2. The van der Waals surface area contributed by atoms with Gasteiger partial charge in [-0.3, -0.25) is 9.10 Å². The minimum Gasteiger partial charge on any atom is -0.354 e. The number of nitrogens with zero attached hydrogens (tertiary/aromatic N) is 1.